The molecule has 0 unspecified atom stereocenters. The Hall–Kier alpha value is -1.83. The highest BCUT2D eigenvalue weighted by molar-refractivity contribution is 7.19. The van der Waals surface area contributed by atoms with E-state index in [-0.39, 0.29) is 0 Å². The van der Waals surface area contributed by atoms with E-state index in [2.05, 4.69) is 24.3 Å². The van der Waals surface area contributed by atoms with Gasteiger partial charge in [0.15, 0.2) is 0 Å². The third kappa shape index (κ3) is 1.60. The smallest absolute Gasteiger partial charge is 0.105 e. The van der Waals surface area contributed by atoms with Crippen molar-refractivity contribution in [2.45, 2.75) is 20.1 Å². The number of nitrogens with two attached hydrogens (primary N) is 1. The minimum Gasteiger partial charge on any atom is -0.389 e. The predicted molar refractivity (Wildman–Crippen MR) is 72.1 cm³/mol. The number of nitrogen functional groups attached to an aromatic ring is 1. The highest BCUT2D eigenvalue weighted by Gasteiger charge is 2.17. The molecule has 2 N–H and O–H groups in total. The van der Waals surface area contributed by atoms with Crippen LogP contribution in [0.15, 0.2) is 18.2 Å². The van der Waals surface area contributed by atoms with Crippen molar-refractivity contribution in [2.75, 3.05) is 5.73 Å². The SMILES string of the molecule is Cc1c(-c2ccc3c(c2)COC3)sc(N)c1C#N. The maximum Gasteiger partial charge on any atom is 0.105 e. The number of nitriles is 1. The number of rotatable bonds is 1. The van der Waals surface area contributed by atoms with Crippen molar-refractivity contribution in [3.8, 4) is 16.5 Å². The third-order valence-corrected chi connectivity index (χ3v) is 4.44. The molecule has 0 fully saturated rings. The van der Waals surface area contributed by atoms with Crippen LogP contribution in [0.5, 0.6) is 0 Å². The number of nitrogens with zero attached hydrogens (tertiary/aromatic N) is 1. The molecule has 3 nitrogen and oxygen atoms in total. The van der Waals surface area contributed by atoms with E-state index in [1.54, 1.807) is 0 Å². The van der Waals surface area contributed by atoms with Crippen LogP contribution in [0.4, 0.5) is 5.00 Å². The Morgan fingerprint density at radius 2 is 2.11 bits per heavy atom. The molecule has 0 saturated heterocycles. The molecule has 1 aromatic heterocycles. The number of ether oxygens (including phenoxy) is 1. The molecule has 0 aliphatic carbocycles. The van der Waals surface area contributed by atoms with E-state index in [1.165, 1.54) is 22.5 Å². The Kier molecular flexibility index (Phi) is 2.58. The van der Waals surface area contributed by atoms with Gasteiger partial charge in [0.2, 0.25) is 0 Å². The fourth-order valence-electron chi connectivity index (χ4n) is 2.26. The van der Waals surface area contributed by atoms with Gasteiger partial charge in [-0.3, -0.25) is 0 Å². The van der Waals surface area contributed by atoms with Crippen molar-refractivity contribution in [1.82, 2.24) is 0 Å². The third-order valence-electron chi connectivity index (χ3n) is 3.27. The summed E-state index contributed by atoms with van der Waals surface area (Å²) in [5.41, 5.74) is 11.1. The summed E-state index contributed by atoms with van der Waals surface area (Å²) in [5.74, 6) is 0. The van der Waals surface area contributed by atoms with E-state index in [0.717, 1.165) is 16.0 Å². The van der Waals surface area contributed by atoms with Gasteiger partial charge in [-0.15, -0.1) is 11.3 Å². The lowest BCUT2D eigenvalue weighted by Crippen LogP contribution is -1.85. The van der Waals surface area contributed by atoms with Gasteiger partial charge in [0.1, 0.15) is 11.1 Å². The molecule has 3 rings (SSSR count). The van der Waals surface area contributed by atoms with Crippen LogP contribution in [-0.2, 0) is 18.0 Å². The van der Waals surface area contributed by atoms with Crippen LogP contribution < -0.4 is 5.73 Å². The minimum atomic E-state index is 0.599. The summed E-state index contributed by atoms with van der Waals surface area (Å²) in [6, 6.07) is 8.48. The predicted octanol–water partition coefficient (Wildman–Crippen LogP) is 3.21. The van der Waals surface area contributed by atoms with Gasteiger partial charge in [0.25, 0.3) is 0 Å². The number of benzene rings is 1. The number of fused-ring (bicyclic) bond motifs is 1. The van der Waals surface area contributed by atoms with Crippen molar-refractivity contribution >= 4 is 16.3 Å². The summed E-state index contributed by atoms with van der Waals surface area (Å²) in [4.78, 5) is 1.08. The van der Waals surface area contributed by atoms with E-state index in [0.29, 0.717) is 23.8 Å². The average molecular weight is 256 g/mol. The zero-order chi connectivity index (χ0) is 12.7. The van der Waals surface area contributed by atoms with E-state index in [1.807, 2.05) is 6.92 Å². The molecule has 1 aliphatic heterocycles. The number of thiophene rings is 1. The summed E-state index contributed by atoms with van der Waals surface area (Å²) in [7, 11) is 0. The molecular weight excluding hydrogens is 244 g/mol. The van der Waals surface area contributed by atoms with E-state index in [9.17, 15) is 0 Å². The fourth-order valence-corrected chi connectivity index (χ4v) is 3.28. The summed E-state index contributed by atoms with van der Waals surface area (Å²) < 4.78 is 5.41. The molecular formula is C14H12N2OS. The van der Waals surface area contributed by atoms with Crippen LogP contribution >= 0.6 is 11.3 Å². The average Bonchev–Trinajstić information content (AvgIpc) is 2.93. The molecule has 0 radical (unpaired) electrons. The Balaban J connectivity index is 2.14. The van der Waals surface area contributed by atoms with Crippen LogP contribution in [0.1, 0.15) is 22.3 Å². The van der Waals surface area contributed by atoms with Crippen molar-refractivity contribution in [3.63, 3.8) is 0 Å². The van der Waals surface area contributed by atoms with Crippen molar-refractivity contribution in [3.05, 3.63) is 40.5 Å². The lowest BCUT2D eigenvalue weighted by atomic mass is 10.0. The molecule has 0 atom stereocenters. The molecule has 0 amide bonds. The summed E-state index contributed by atoms with van der Waals surface area (Å²) >= 11 is 1.48. The first-order valence-corrected chi connectivity index (χ1v) is 6.51. The van der Waals surface area contributed by atoms with E-state index >= 15 is 0 Å². The zero-order valence-corrected chi connectivity index (χ0v) is 10.8. The van der Waals surface area contributed by atoms with E-state index in [4.69, 9.17) is 15.7 Å². The first-order chi connectivity index (χ1) is 8.70. The normalized spacial score (nSPS) is 13.3. The summed E-state index contributed by atoms with van der Waals surface area (Å²) in [6.45, 7) is 3.32. The molecule has 1 aliphatic rings. The van der Waals surface area contributed by atoms with Crippen LogP contribution in [0, 0.1) is 18.3 Å². The van der Waals surface area contributed by atoms with Crippen molar-refractivity contribution in [1.29, 1.82) is 5.26 Å². The van der Waals surface area contributed by atoms with Gasteiger partial charge >= 0.3 is 0 Å². The Bertz CT molecular complexity index is 667. The maximum atomic E-state index is 9.07. The zero-order valence-electron chi connectivity index (χ0n) is 9.99. The van der Waals surface area contributed by atoms with Crippen LogP contribution in [-0.4, -0.2) is 0 Å². The Morgan fingerprint density at radius 1 is 1.33 bits per heavy atom. The quantitative estimate of drug-likeness (QED) is 0.852. The molecule has 0 saturated carbocycles. The molecule has 0 bridgehead atoms. The Labute approximate surface area is 109 Å². The monoisotopic (exact) mass is 256 g/mol. The maximum absolute atomic E-state index is 9.07. The molecule has 4 heteroatoms. The van der Waals surface area contributed by atoms with Crippen molar-refractivity contribution in [2.24, 2.45) is 0 Å². The largest absolute Gasteiger partial charge is 0.389 e. The van der Waals surface area contributed by atoms with Crippen LogP contribution in [0.25, 0.3) is 10.4 Å². The first-order valence-electron chi connectivity index (χ1n) is 5.69. The van der Waals surface area contributed by atoms with Crippen LogP contribution in [0.2, 0.25) is 0 Å². The van der Waals surface area contributed by atoms with Gasteiger partial charge in [0, 0.05) is 4.88 Å². The number of hydrogen-bond donors (Lipinski definition) is 1. The second-order valence-corrected chi connectivity index (χ2v) is 5.44. The lowest BCUT2D eigenvalue weighted by molar-refractivity contribution is 0.134. The number of anilines is 1. The van der Waals surface area contributed by atoms with Crippen molar-refractivity contribution < 1.29 is 4.74 Å². The molecule has 0 spiro atoms. The first kappa shape index (κ1) is 11.3. The van der Waals surface area contributed by atoms with E-state index < -0.39 is 0 Å². The second kappa shape index (κ2) is 4.13. The van der Waals surface area contributed by atoms with Gasteiger partial charge in [-0.2, -0.15) is 5.26 Å². The molecule has 1 aromatic carbocycles. The molecule has 2 aromatic rings. The molecule has 18 heavy (non-hydrogen) atoms. The van der Waals surface area contributed by atoms with Gasteiger partial charge in [-0.25, -0.2) is 0 Å². The summed E-state index contributed by atoms with van der Waals surface area (Å²) in [5, 5.41) is 9.67. The van der Waals surface area contributed by atoms with Gasteiger partial charge in [-0.05, 0) is 35.2 Å². The highest BCUT2D eigenvalue weighted by Crippen LogP contribution is 2.38. The molecule has 90 valence electrons. The topological polar surface area (TPSA) is 59.0 Å². The van der Waals surface area contributed by atoms with Gasteiger partial charge < -0.3 is 10.5 Å². The lowest BCUT2D eigenvalue weighted by Gasteiger charge is -2.03. The Morgan fingerprint density at radius 3 is 2.83 bits per heavy atom. The minimum absolute atomic E-state index is 0.599. The number of hydrogen-bond acceptors (Lipinski definition) is 4. The van der Waals surface area contributed by atoms with Gasteiger partial charge in [0.05, 0.1) is 18.8 Å². The standard InChI is InChI=1S/C14H12N2OS/c1-8-12(5-15)14(16)18-13(8)9-2-3-10-6-17-7-11(10)4-9/h2-4H,6-7,16H2,1H3. The highest BCUT2D eigenvalue weighted by atomic mass is 32.1. The summed E-state index contributed by atoms with van der Waals surface area (Å²) in [6.07, 6.45) is 0. The second-order valence-electron chi connectivity index (χ2n) is 4.38. The van der Waals surface area contributed by atoms with Gasteiger partial charge in [-0.1, -0.05) is 12.1 Å². The molecule has 2 heterocycles. The van der Waals surface area contributed by atoms with Crippen LogP contribution in [0.3, 0.4) is 0 Å². The fraction of sp³-hybridized carbons (Fsp3) is 0.214.